The lowest BCUT2D eigenvalue weighted by Crippen LogP contribution is -2.56. The van der Waals surface area contributed by atoms with Crippen LogP contribution in [0, 0.1) is 11.8 Å². The minimum Gasteiger partial charge on any atom is -0.480 e. The van der Waals surface area contributed by atoms with E-state index in [2.05, 4.69) is 39.5 Å². The van der Waals surface area contributed by atoms with Crippen LogP contribution in [0.25, 0.3) is 0 Å². The van der Waals surface area contributed by atoms with Gasteiger partial charge < -0.3 is 5.11 Å². The highest BCUT2D eigenvalue weighted by molar-refractivity contribution is 5.69. The second kappa shape index (κ2) is 5.38. The van der Waals surface area contributed by atoms with Crippen LogP contribution in [0.1, 0.15) is 53.9 Å². The Balaban J connectivity index is 2.90. The van der Waals surface area contributed by atoms with E-state index in [1.165, 1.54) is 19.3 Å². The molecule has 0 aromatic rings. The van der Waals surface area contributed by atoms with E-state index in [1.807, 2.05) is 0 Å². The zero-order valence-corrected chi connectivity index (χ0v) is 11.9. The third-order valence-electron chi connectivity index (χ3n) is 4.01. The molecule has 2 atom stereocenters. The molecule has 1 rings (SSSR count). The van der Waals surface area contributed by atoms with E-state index in [1.54, 1.807) is 0 Å². The lowest BCUT2D eigenvalue weighted by atomic mass is 9.76. The molecule has 0 bridgehead atoms. The van der Waals surface area contributed by atoms with Crippen molar-refractivity contribution in [2.45, 2.75) is 65.5 Å². The Morgan fingerprint density at radius 2 is 1.71 bits per heavy atom. The van der Waals surface area contributed by atoms with Gasteiger partial charge in [0.1, 0.15) is 0 Å². The van der Waals surface area contributed by atoms with Gasteiger partial charge >= 0.3 is 5.97 Å². The number of carboxylic acid groups (broad SMARTS) is 1. The van der Waals surface area contributed by atoms with Crippen LogP contribution < -0.4 is 0 Å². The Kier molecular flexibility index (Phi) is 4.59. The summed E-state index contributed by atoms with van der Waals surface area (Å²) in [7, 11) is 0. The maximum atomic E-state index is 11.1. The van der Waals surface area contributed by atoms with Gasteiger partial charge in [0.2, 0.25) is 0 Å². The maximum Gasteiger partial charge on any atom is 0.317 e. The Bertz CT molecular complexity index is 260. The maximum absolute atomic E-state index is 11.1. The Labute approximate surface area is 105 Å². The highest BCUT2D eigenvalue weighted by Crippen LogP contribution is 2.35. The first kappa shape index (κ1) is 14.5. The molecular weight excluding hydrogens is 214 g/mol. The van der Waals surface area contributed by atoms with Crippen molar-refractivity contribution in [3.05, 3.63) is 0 Å². The van der Waals surface area contributed by atoms with E-state index < -0.39 is 5.97 Å². The first-order chi connectivity index (χ1) is 7.73. The van der Waals surface area contributed by atoms with Crippen LogP contribution >= 0.6 is 0 Å². The second-order valence-corrected chi connectivity index (χ2v) is 6.57. The van der Waals surface area contributed by atoms with Crippen molar-refractivity contribution in [3.63, 3.8) is 0 Å². The van der Waals surface area contributed by atoms with Gasteiger partial charge in [0, 0.05) is 11.6 Å². The third-order valence-corrected chi connectivity index (χ3v) is 4.01. The molecule has 0 spiro atoms. The minimum atomic E-state index is -0.718. The molecule has 100 valence electrons. The molecule has 1 saturated carbocycles. The number of hydrogen-bond donors (Lipinski definition) is 1. The summed E-state index contributed by atoms with van der Waals surface area (Å²) in [5, 5.41) is 9.11. The lowest BCUT2D eigenvalue weighted by Gasteiger charge is -2.48. The van der Waals surface area contributed by atoms with Crippen LogP contribution in [0.2, 0.25) is 0 Å². The standard InChI is InChI=1S/C14H27NO2/c1-10-7-6-8-11(2)13(10)15(9-12(16)17)14(3,4)5/h10-11,13H,6-9H2,1-5H3,(H,16,17). The normalized spacial score (nSPS) is 30.6. The monoisotopic (exact) mass is 241 g/mol. The van der Waals surface area contributed by atoms with Gasteiger partial charge in [0.15, 0.2) is 0 Å². The Hall–Kier alpha value is -0.570. The molecular formula is C14H27NO2. The van der Waals surface area contributed by atoms with Gasteiger partial charge in [-0.25, -0.2) is 0 Å². The third kappa shape index (κ3) is 3.70. The van der Waals surface area contributed by atoms with Crippen molar-refractivity contribution >= 4 is 5.97 Å². The summed E-state index contributed by atoms with van der Waals surface area (Å²) in [4.78, 5) is 13.3. The first-order valence-corrected chi connectivity index (χ1v) is 6.72. The predicted molar refractivity (Wildman–Crippen MR) is 70.1 cm³/mol. The van der Waals surface area contributed by atoms with Crippen LogP contribution in [-0.2, 0) is 4.79 Å². The average Bonchev–Trinajstić information content (AvgIpc) is 2.13. The topological polar surface area (TPSA) is 40.5 Å². The van der Waals surface area contributed by atoms with Crippen LogP contribution in [0.5, 0.6) is 0 Å². The molecule has 0 radical (unpaired) electrons. The zero-order valence-electron chi connectivity index (χ0n) is 11.9. The van der Waals surface area contributed by atoms with Gasteiger partial charge in [0.25, 0.3) is 0 Å². The van der Waals surface area contributed by atoms with Crippen molar-refractivity contribution in [1.29, 1.82) is 0 Å². The van der Waals surface area contributed by atoms with Crippen molar-refractivity contribution < 1.29 is 9.90 Å². The van der Waals surface area contributed by atoms with E-state index in [0.717, 1.165) is 0 Å². The average molecular weight is 241 g/mol. The van der Waals surface area contributed by atoms with E-state index in [4.69, 9.17) is 5.11 Å². The summed E-state index contributed by atoms with van der Waals surface area (Å²) < 4.78 is 0. The molecule has 1 aliphatic rings. The van der Waals surface area contributed by atoms with E-state index in [-0.39, 0.29) is 12.1 Å². The minimum absolute atomic E-state index is 0.0804. The van der Waals surface area contributed by atoms with E-state index in [9.17, 15) is 4.79 Å². The van der Waals surface area contributed by atoms with Crippen LogP contribution in [0.4, 0.5) is 0 Å². The van der Waals surface area contributed by atoms with Crippen LogP contribution in [0.15, 0.2) is 0 Å². The van der Waals surface area contributed by atoms with Gasteiger partial charge in [-0.1, -0.05) is 20.3 Å². The number of hydrogen-bond acceptors (Lipinski definition) is 2. The zero-order chi connectivity index (χ0) is 13.2. The summed E-state index contributed by atoms with van der Waals surface area (Å²) in [6, 6.07) is 0.403. The molecule has 0 amide bonds. The van der Waals surface area contributed by atoms with E-state index in [0.29, 0.717) is 17.9 Å². The smallest absolute Gasteiger partial charge is 0.317 e. The molecule has 0 aliphatic heterocycles. The summed E-state index contributed by atoms with van der Waals surface area (Å²) in [6.07, 6.45) is 3.73. The van der Waals surface area contributed by atoms with Crippen LogP contribution in [-0.4, -0.2) is 34.1 Å². The molecule has 2 unspecified atom stereocenters. The molecule has 0 aromatic carbocycles. The number of nitrogens with zero attached hydrogens (tertiary/aromatic N) is 1. The largest absolute Gasteiger partial charge is 0.480 e. The number of carbonyl (C=O) groups is 1. The number of rotatable bonds is 3. The van der Waals surface area contributed by atoms with Gasteiger partial charge in [-0.05, 0) is 45.4 Å². The Morgan fingerprint density at radius 1 is 1.24 bits per heavy atom. The molecule has 3 nitrogen and oxygen atoms in total. The molecule has 1 aliphatic carbocycles. The lowest BCUT2D eigenvalue weighted by molar-refractivity contribution is -0.142. The molecule has 0 aromatic heterocycles. The Morgan fingerprint density at radius 3 is 2.06 bits per heavy atom. The highest BCUT2D eigenvalue weighted by Gasteiger charge is 2.38. The molecule has 0 saturated heterocycles. The van der Waals surface area contributed by atoms with Gasteiger partial charge in [-0.15, -0.1) is 0 Å². The quantitative estimate of drug-likeness (QED) is 0.825. The predicted octanol–water partition coefficient (Wildman–Crippen LogP) is 3.00. The molecule has 1 N–H and O–H groups in total. The van der Waals surface area contributed by atoms with Crippen molar-refractivity contribution in [1.82, 2.24) is 4.90 Å². The molecule has 3 heteroatoms. The van der Waals surface area contributed by atoms with Gasteiger partial charge in [0.05, 0.1) is 6.54 Å². The second-order valence-electron chi connectivity index (χ2n) is 6.57. The summed E-state index contributed by atoms with van der Waals surface area (Å²) in [5.74, 6) is 0.472. The van der Waals surface area contributed by atoms with Crippen molar-refractivity contribution in [2.24, 2.45) is 11.8 Å². The molecule has 0 heterocycles. The molecule has 17 heavy (non-hydrogen) atoms. The highest BCUT2D eigenvalue weighted by atomic mass is 16.4. The summed E-state index contributed by atoms with van der Waals surface area (Å²) in [6.45, 7) is 11.0. The van der Waals surface area contributed by atoms with Crippen LogP contribution in [0.3, 0.4) is 0 Å². The summed E-state index contributed by atoms with van der Waals surface area (Å²) in [5.41, 5.74) is -0.0804. The first-order valence-electron chi connectivity index (χ1n) is 6.72. The summed E-state index contributed by atoms with van der Waals surface area (Å²) >= 11 is 0. The fourth-order valence-corrected chi connectivity index (χ4v) is 3.21. The molecule has 1 fully saturated rings. The fraction of sp³-hybridized carbons (Fsp3) is 0.929. The van der Waals surface area contributed by atoms with Crippen molar-refractivity contribution in [2.75, 3.05) is 6.54 Å². The SMILES string of the molecule is CC1CCCC(C)C1N(CC(=O)O)C(C)(C)C. The van der Waals surface area contributed by atoms with E-state index >= 15 is 0 Å². The van der Waals surface area contributed by atoms with Gasteiger partial charge in [-0.2, -0.15) is 0 Å². The number of carboxylic acids is 1. The number of aliphatic carboxylic acids is 1. The van der Waals surface area contributed by atoms with Crippen molar-refractivity contribution in [3.8, 4) is 0 Å². The van der Waals surface area contributed by atoms with Gasteiger partial charge in [-0.3, -0.25) is 9.69 Å². The fourth-order valence-electron chi connectivity index (χ4n) is 3.21.